The summed E-state index contributed by atoms with van der Waals surface area (Å²) in [4.78, 5) is 16.2. The van der Waals surface area contributed by atoms with Gasteiger partial charge in [0, 0.05) is 22.3 Å². The van der Waals surface area contributed by atoms with E-state index >= 15 is 0 Å². The average Bonchev–Trinajstić information content (AvgIpc) is 3.06. The fourth-order valence-electron chi connectivity index (χ4n) is 1.89. The van der Waals surface area contributed by atoms with Gasteiger partial charge < -0.3 is 5.32 Å². The highest BCUT2D eigenvalue weighted by Gasteiger charge is 2.16. The number of hydrogen-bond acceptors (Lipinski definition) is 5. The van der Waals surface area contributed by atoms with E-state index in [1.165, 1.54) is 11.3 Å². The molecular weight excluding hydrogens is 296 g/mol. The Hall–Kier alpha value is -1.92. The molecule has 1 aliphatic heterocycles. The molecule has 0 aliphatic carbocycles. The third kappa shape index (κ3) is 2.97. The third-order valence-electron chi connectivity index (χ3n) is 2.83. The number of anilines is 1. The molecule has 1 aliphatic rings. The fraction of sp³-hybridized carbons (Fsp3) is 0.154. The number of aromatic nitrogens is 1. The molecule has 1 amide bonds. The molecule has 2 heterocycles. The highest BCUT2D eigenvalue weighted by Crippen LogP contribution is 2.20. The largest absolute Gasteiger partial charge is 0.380 e. The average molecular weight is 307 g/mol. The molecule has 0 bridgehead atoms. The lowest BCUT2D eigenvalue weighted by Gasteiger charge is -2.06. The van der Waals surface area contributed by atoms with Crippen LogP contribution in [0.25, 0.3) is 0 Å². The van der Waals surface area contributed by atoms with E-state index in [2.05, 4.69) is 20.8 Å². The van der Waals surface area contributed by atoms with Crippen molar-refractivity contribution in [2.24, 2.45) is 5.10 Å². The van der Waals surface area contributed by atoms with Gasteiger partial charge in [-0.2, -0.15) is 5.10 Å². The predicted octanol–water partition coefficient (Wildman–Crippen LogP) is 2.63. The van der Waals surface area contributed by atoms with Crippen molar-refractivity contribution >= 4 is 40.2 Å². The van der Waals surface area contributed by atoms with Crippen LogP contribution in [0.4, 0.5) is 5.69 Å². The van der Waals surface area contributed by atoms with Crippen LogP contribution in [0, 0.1) is 0 Å². The fourth-order valence-corrected chi connectivity index (χ4v) is 2.81. The third-order valence-corrected chi connectivity index (χ3v) is 3.95. The monoisotopic (exact) mass is 306 g/mol. The van der Waals surface area contributed by atoms with E-state index in [0.29, 0.717) is 17.4 Å². The van der Waals surface area contributed by atoms with Gasteiger partial charge in [0.1, 0.15) is 0 Å². The van der Waals surface area contributed by atoms with E-state index in [1.54, 1.807) is 6.20 Å². The molecule has 0 spiro atoms. The number of carbonyl (C=O) groups excluding carboxylic acids is 1. The van der Waals surface area contributed by atoms with Crippen LogP contribution >= 0.6 is 22.9 Å². The highest BCUT2D eigenvalue weighted by atomic mass is 35.5. The first-order chi connectivity index (χ1) is 9.70. The summed E-state index contributed by atoms with van der Waals surface area (Å²) < 4.78 is 0.542. The van der Waals surface area contributed by atoms with E-state index in [1.807, 2.05) is 24.3 Å². The number of amides is 1. The minimum Gasteiger partial charge on any atom is -0.380 e. The Kier molecular flexibility index (Phi) is 3.66. The Labute approximate surface area is 124 Å². The Morgan fingerprint density at radius 2 is 2.35 bits per heavy atom. The summed E-state index contributed by atoms with van der Waals surface area (Å²) in [5, 5.41) is 7.31. The zero-order valence-corrected chi connectivity index (χ0v) is 12.0. The van der Waals surface area contributed by atoms with E-state index in [4.69, 9.17) is 11.6 Å². The number of thiazole rings is 1. The Morgan fingerprint density at radius 3 is 3.05 bits per heavy atom. The molecular formula is C13H11ClN4OS. The standard InChI is InChI=1S/C13H11ClN4OS/c14-13-16-7-10(20-13)6-15-9-3-1-2-8(4-9)11-5-12(19)18-17-11/h1-4,7,15H,5-6H2,(H,18,19). The zero-order chi connectivity index (χ0) is 13.9. The molecule has 0 atom stereocenters. The summed E-state index contributed by atoms with van der Waals surface area (Å²) in [5.74, 6) is -0.0716. The molecule has 0 saturated carbocycles. The number of nitrogens with zero attached hydrogens (tertiary/aromatic N) is 2. The molecule has 1 aromatic carbocycles. The molecule has 3 rings (SSSR count). The molecule has 0 radical (unpaired) electrons. The van der Waals surface area contributed by atoms with E-state index in [-0.39, 0.29) is 5.91 Å². The minimum absolute atomic E-state index is 0.0716. The number of benzene rings is 1. The van der Waals surface area contributed by atoms with Gasteiger partial charge in [-0.15, -0.1) is 11.3 Å². The number of nitrogens with one attached hydrogen (secondary N) is 2. The summed E-state index contributed by atoms with van der Waals surface area (Å²) in [6, 6.07) is 7.81. The molecule has 2 aromatic rings. The molecule has 0 saturated heterocycles. The number of hydrazone groups is 1. The van der Waals surface area contributed by atoms with Gasteiger partial charge in [-0.25, -0.2) is 10.4 Å². The van der Waals surface area contributed by atoms with Crippen molar-refractivity contribution in [1.29, 1.82) is 0 Å². The molecule has 7 heteroatoms. The van der Waals surface area contributed by atoms with Crippen molar-refractivity contribution in [3.05, 3.63) is 45.4 Å². The van der Waals surface area contributed by atoms with Crippen LogP contribution < -0.4 is 10.7 Å². The molecule has 5 nitrogen and oxygen atoms in total. The first-order valence-electron chi connectivity index (χ1n) is 6.00. The van der Waals surface area contributed by atoms with Gasteiger partial charge in [-0.1, -0.05) is 23.7 Å². The maximum absolute atomic E-state index is 11.2. The van der Waals surface area contributed by atoms with Crippen LogP contribution in [-0.2, 0) is 11.3 Å². The maximum Gasteiger partial charge on any atom is 0.246 e. The lowest BCUT2D eigenvalue weighted by Crippen LogP contribution is -2.09. The van der Waals surface area contributed by atoms with Gasteiger partial charge in [0.05, 0.1) is 18.7 Å². The van der Waals surface area contributed by atoms with E-state index in [9.17, 15) is 4.79 Å². The zero-order valence-electron chi connectivity index (χ0n) is 10.4. The molecule has 2 N–H and O–H groups in total. The summed E-state index contributed by atoms with van der Waals surface area (Å²) in [6.45, 7) is 0.664. The van der Waals surface area contributed by atoms with Crippen molar-refractivity contribution in [3.63, 3.8) is 0 Å². The Bertz CT molecular complexity index is 683. The summed E-state index contributed by atoms with van der Waals surface area (Å²) in [6.07, 6.45) is 2.08. The number of carbonyl (C=O) groups is 1. The van der Waals surface area contributed by atoms with Gasteiger partial charge >= 0.3 is 0 Å². The number of hydrogen-bond donors (Lipinski definition) is 2. The van der Waals surface area contributed by atoms with E-state index in [0.717, 1.165) is 21.8 Å². The van der Waals surface area contributed by atoms with Crippen LogP contribution in [0.3, 0.4) is 0 Å². The van der Waals surface area contributed by atoms with Crippen LogP contribution in [0.1, 0.15) is 16.9 Å². The van der Waals surface area contributed by atoms with Crippen molar-refractivity contribution in [3.8, 4) is 0 Å². The first-order valence-corrected chi connectivity index (χ1v) is 7.20. The summed E-state index contributed by atoms with van der Waals surface area (Å²) in [7, 11) is 0. The second-order valence-corrected chi connectivity index (χ2v) is 5.98. The van der Waals surface area contributed by atoms with Gasteiger partial charge in [0.25, 0.3) is 0 Å². The lowest BCUT2D eigenvalue weighted by molar-refractivity contribution is -0.119. The van der Waals surface area contributed by atoms with Crippen LogP contribution in [0.2, 0.25) is 4.47 Å². The lowest BCUT2D eigenvalue weighted by atomic mass is 10.1. The Balaban J connectivity index is 1.70. The Morgan fingerprint density at radius 1 is 1.45 bits per heavy atom. The van der Waals surface area contributed by atoms with Gasteiger partial charge in [-0.3, -0.25) is 4.79 Å². The molecule has 0 unspecified atom stereocenters. The SMILES string of the molecule is O=C1CC(c2cccc(NCc3cnc(Cl)s3)c2)=NN1. The quantitative estimate of drug-likeness (QED) is 0.912. The molecule has 102 valence electrons. The summed E-state index contributed by atoms with van der Waals surface area (Å²) >= 11 is 7.24. The molecule has 0 fully saturated rings. The highest BCUT2D eigenvalue weighted by molar-refractivity contribution is 7.15. The smallest absolute Gasteiger partial charge is 0.246 e. The van der Waals surface area contributed by atoms with Gasteiger partial charge in [-0.05, 0) is 12.1 Å². The number of rotatable bonds is 4. The van der Waals surface area contributed by atoms with E-state index < -0.39 is 0 Å². The van der Waals surface area contributed by atoms with Crippen LogP contribution in [0.5, 0.6) is 0 Å². The van der Waals surface area contributed by atoms with Crippen molar-refractivity contribution in [2.75, 3.05) is 5.32 Å². The normalized spacial score (nSPS) is 14.1. The number of halogens is 1. The predicted molar refractivity (Wildman–Crippen MR) is 80.2 cm³/mol. The molecule has 20 heavy (non-hydrogen) atoms. The second-order valence-electron chi connectivity index (χ2n) is 4.28. The maximum atomic E-state index is 11.2. The second kappa shape index (κ2) is 5.60. The van der Waals surface area contributed by atoms with Crippen molar-refractivity contribution < 1.29 is 4.79 Å². The van der Waals surface area contributed by atoms with Crippen molar-refractivity contribution in [1.82, 2.24) is 10.4 Å². The topological polar surface area (TPSA) is 66.4 Å². The first kappa shape index (κ1) is 13.1. The van der Waals surface area contributed by atoms with Crippen LogP contribution in [-0.4, -0.2) is 16.6 Å². The molecule has 1 aromatic heterocycles. The van der Waals surface area contributed by atoms with Gasteiger partial charge in [0.2, 0.25) is 5.91 Å². The van der Waals surface area contributed by atoms with Crippen molar-refractivity contribution in [2.45, 2.75) is 13.0 Å². The van der Waals surface area contributed by atoms with Gasteiger partial charge in [0.15, 0.2) is 4.47 Å². The minimum atomic E-state index is -0.0716. The van der Waals surface area contributed by atoms with Crippen LogP contribution in [0.15, 0.2) is 35.6 Å². The summed E-state index contributed by atoms with van der Waals surface area (Å²) in [5.41, 5.74) is 5.13.